The largest absolute Gasteiger partial charge is 0.497 e. The number of amides is 1. The first kappa shape index (κ1) is 19.0. The molecule has 1 aromatic heterocycles. The Morgan fingerprint density at radius 2 is 1.74 bits per heavy atom. The molecule has 2 heterocycles. The molecule has 1 saturated heterocycles. The highest BCUT2D eigenvalue weighted by Gasteiger charge is 2.19. The van der Waals surface area contributed by atoms with E-state index in [-0.39, 0.29) is 5.91 Å². The molecule has 0 saturated carbocycles. The van der Waals surface area contributed by atoms with Crippen molar-refractivity contribution in [2.45, 2.75) is 6.92 Å². The standard InChI is InChI=1S/C20H26N4O3/c1-15-10-17(4-5-21-15)24-8-6-23(7-9-24)14-20(25)22-16-11-18(26-2)13-19(12-16)27-3/h4-5,10-13H,6-9,14H2,1-3H3,(H,22,25). The highest BCUT2D eigenvalue weighted by molar-refractivity contribution is 5.92. The maximum atomic E-state index is 12.4. The minimum Gasteiger partial charge on any atom is -0.497 e. The molecule has 1 aliphatic rings. The predicted molar refractivity (Wildman–Crippen MR) is 106 cm³/mol. The van der Waals surface area contributed by atoms with Crippen LogP contribution in [0.5, 0.6) is 11.5 Å². The van der Waals surface area contributed by atoms with E-state index in [1.54, 1.807) is 32.4 Å². The fourth-order valence-corrected chi connectivity index (χ4v) is 3.17. The zero-order valence-electron chi connectivity index (χ0n) is 16.1. The molecule has 1 aliphatic heterocycles. The predicted octanol–water partition coefficient (Wildman–Crippen LogP) is 2.17. The Morgan fingerprint density at radius 3 is 2.33 bits per heavy atom. The van der Waals surface area contributed by atoms with Crippen LogP contribution in [-0.4, -0.2) is 62.7 Å². The number of carbonyl (C=O) groups is 1. The number of pyridine rings is 1. The van der Waals surface area contributed by atoms with Crippen molar-refractivity contribution in [3.63, 3.8) is 0 Å². The van der Waals surface area contributed by atoms with Crippen LogP contribution in [0.4, 0.5) is 11.4 Å². The molecule has 27 heavy (non-hydrogen) atoms. The Labute approximate surface area is 159 Å². The molecule has 0 atom stereocenters. The molecule has 0 radical (unpaired) electrons. The Morgan fingerprint density at radius 1 is 1.07 bits per heavy atom. The second-order valence-corrected chi connectivity index (χ2v) is 6.57. The summed E-state index contributed by atoms with van der Waals surface area (Å²) in [6.07, 6.45) is 1.84. The number of nitrogens with zero attached hydrogens (tertiary/aromatic N) is 3. The van der Waals surface area contributed by atoms with Gasteiger partial charge in [0.05, 0.1) is 20.8 Å². The first-order valence-corrected chi connectivity index (χ1v) is 9.00. The summed E-state index contributed by atoms with van der Waals surface area (Å²) < 4.78 is 10.5. The number of carbonyl (C=O) groups excluding carboxylic acids is 1. The number of nitrogens with one attached hydrogen (secondary N) is 1. The van der Waals surface area contributed by atoms with Crippen LogP contribution in [-0.2, 0) is 4.79 Å². The van der Waals surface area contributed by atoms with Gasteiger partial charge in [0.1, 0.15) is 11.5 Å². The van der Waals surface area contributed by atoms with E-state index in [4.69, 9.17) is 9.47 Å². The van der Waals surface area contributed by atoms with Gasteiger partial charge in [-0.25, -0.2) is 0 Å². The zero-order valence-corrected chi connectivity index (χ0v) is 16.1. The summed E-state index contributed by atoms with van der Waals surface area (Å²) in [5, 5.41) is 2.93. The smallest absolute Gasteiger partial charge is 0.238 e. The average molecular weight is 370 g/mol. The lowest BCUT2D eigenvalue weighted by molar-refractivity contribution is -0.117. The second-order valence-electron chi connectivity index (χ2n) is 6.57. The van der Waals surface area contributed by atoms with Gasteiger partial charge in [0.25, 0.3) is 0 Å². The molecule has 7 heteroatoms. The highest BCUT2D eigenvalue weighted by atomic mass is 16.5. The number of rotatable bonds is 6. The van der Waals surface area contributed by atoms with E-state index in [2.05, 4.69) is 26.2 Å². The van der Waals surface area contributed by atoms with Gasteiger partial charge in [-0.2, -0.15) is 0 Å². The first-order chi connectivity index (χ1) is 13.1. The van der Waals surface area contributed by atoms with Crippen molar-refractivity contribution in [3.8, 4) is 11.5 Å². The van der Waals surface area contributed by atoms with E-state index < -0.39 is 0 Å². The monoisotopic (exact) mass is 370 g/mol. The molecule has 1 amide bonds. The number of benzene rings is 1. The van der Waals surface area contributed by atoms with Gasteiger partial charge in [0, 0.05) is 67.6 Å². The minimum atomic E-state index is -0.0430. The molecule has 3 rings (SSSR count). The first-order valence-electron chi connectivity index (χ1n) is 9.00. The van der Waals surface area contributed by atoms with E-state index in [1.807, 2.05) is 19.2 Å². The van der Waals surface area contributed by atoms with Crippen LogP contribution in [0.1, 0.15) is 5.69 Å². The average Bonchev–Trinajstić information content (AvgIpc) is 2.68. The molecular formula is C20H26N4O3. The van der Waals surface area contributed by atoms with E-state index in [9.17, 15) is 4.79 Å². The lowest BCUT2D eigenvalue weighted by Crippen LogP contribution is -2.48. The molecule has 0 spiro atoms. The van der Waals surface area contributed by atoms with Crippen molar-refractivity contribution >= 4 is 17.3 Å². The van der Waals surface area contributed by atoms with E-state index >= 15 is 0 Å². The van der Waals surface area contributed by atoms with Gasteiger partial charge < -0.3 is 19.7 Å². The third-order valence-electron chi connectivity index (χ3n) is 4.62. The minimum absolute atomic E-state index is 0.0430. The van der Waals surface area contributed by atoms with Gasteiger partial charge in [-0.05, 0) is 19.1 Å². The number of methoxy groups -OCH3 is 2. The molecule has 1 aromatic carbocycles. The van der Waals surface area contributed by atoms with Crippen LogP contribution in [0.3, 0.4) is 0 Å². The van der Waals surface area contributed by atoms with Crippen LogP contribution in [0.15, 0.2) is 36.5 Å². The van der Waals surface area contributed by atoms with Crippen molar-refractivity contribution in [2.75, 3.05) is 57.2 Å². The van der Waals surface area contributed by atoms with Crippen LogP contribution < -0.4 is 19.7 Å². The molecule has 1 fully saturated rings. The van der Waals surface area contributed by atoms with Gasteiger partial charge in [-0.3, -0.25) is 14.7 Å². The number of aryl methyl sites for hydroxylation is 1. The van der Waals surface area contributed by atoms with Gasteiger partial charge in [-0.1, -0.05) is 0 Å². The Balaban J connectivity index is 1.52. The van der Waals surface area contributed by atoms with Crippen molar-refractivity contribution in [1.29, 1.82) is 0 Å². The van der Waals surface area contributed by atoms with E-state index in [1.165, 1.54) is 5.69 Å². The molecule has 144 valence electrons. The zero-order chi connectivity index (χ0) is 19.2. The maximum absolute atomic E-state index is 12.4. The summed E-state index contributed by atoms with van der Waals surface area (Å²) in [6, 6.07) is 9.47. The lowest BCUT2D eigenvalue weighted by atomic mass is 10.2. The van der Waals surface area contributed by atoms with Gasteiger partial charge in [0.15, 0.2) is 0 Å². The maximum Gasteiger partial charge on any atom is 0.238 e. The lowest BCUT2D eigenvalue weighted by Gasteiger charge is -2.35. The second kappa shape index (κ2) is 8.73. The number of piperazine rings is 1. The number of hydrogen-bond acceptors (Lipinski definition) is 6. The van der Waals surface area contributed by atoms with Gasteiger partial charge in [0.2, 0.25) is 5.91 Å². The molecule has 1 N–H and O–H groups in total. The summed E-state index contributed by atoms with van der Waals surface area (Å²) in [6.45, 7) is 5.83. The van der Waals surface area contributed by atoms with Crippen molar-refractivity contribution in [2.24, 2.45) is 0 Å². The highest BCUT2D eigenvalue weighted by Crippen LogP contribution is 2.25. The van der Waals surface area contributed by atoms with Gasteiger partial charge >= 0.3 is 0 Å². The molecule has 0 unspecified atom stereocenters. The number of anilines is 2. The molecule has 2 aromatic rings. The van der Waals surface area contributed by atoms with Crippen molar-refractivity contribution in [1.82, 2.24) is 9.88 Å². The van der Waals surface area contributed by atoms with Crippen molar-refractivity contribution in [3.05, 3.63) is 42.2 Å². The normalized spacial score (nSPS) is 14.7. The summed E-state index contributed by atoms with van der Waals surface area (Å²) in [4.78, 5) is 21.2. The molecule has 7 nitrogen and oxygen atoms in total. The Hall–Kier alpha value is -2.80. The fraction of sp³-hybridized carbons (Fsp3) is 0.400. The van der Waals surface area contributed by atoms with Crippen LogP contribution in [0.25, 0.3) is 0 Å². The SMILES string of the molecule is COc1cc(NC(=O)CN2CCN(c3ccnc(C)c3)CC2)cc(OC)c1. The summed E-state index contributed by atoms with van der Waals surface area (Å²) >= 11 is 0. The molecule has 0 bridgehead atoms. The number of hydrogen-bond donors (Lipinski definition) is 1. The van der Waals surface area contributed by atoms with Crippen LogP contribution in [0, 0.1) is 6.92 Å². The summed E-state index contributed by atoms with van der Waals surface area (Å²) in [7, 11) is 3.17. The quantitative estimate of drug-likeness (QED) is 0.841. The van der Waals surface area contributed by atoms with Crippen LogP contribution in [0.2, 0.25) is 0 Å². The number of aromatic nitrogens is 1. The van der Waals surface area contributed by atoms with Crippen LogP contribution >= 0.6 is 0 Å². The number of ether oxygens (including phenoxy) is 2. The fourth-order valence-electron chi connectivity index (χ4n) is 3.17. The summed E-state index contributed by atoms with van der Waals surface area (Å²) in [5.41, 5.74) is 2.88. The van der Waals surface area contributed by atoms with E-state index in [0.29, 0.717) is 23.7 Å². The summed E-state index contributed by atoms with van der Waals surface area (Å²) in [5.74, 6) is 1.25. The topological polar surface area (TPSA) is 66.9 Å². The third kappa shape index (κ3) is 5.10. The Bertz CT molecular complexity index is 766. The van der Waals surface area contributed by atoms with Crippen molar-refractivity contribution < 1.29 is 14.3 Å². The van der Waals surface area contributed by atoms with Gasteiger partial charge in [-0.15, -0.1) is 0 Å². The Kier molecular flexibility index (Phi) is 6.13. The molecule has 0 aliphatic carbocycles. The third-order valence-corrected chi connectivity index (χ3v) is 4.62. The van der Waals surface area contributed by atoms with E-state index in [0.717, 1.165) is 31.9 Å². The molecular weight excluding hydrogens is 344 g/mol.